The second-order valence-electron chi connectivity index (χ2n) is 4.46. The molecule has 1 aromatic rings. The van der Waals surface area contributed by atoms with Crippen LogP contribution in [-0.4, -0.2) is 43.4 Å². The van der Waals surface area contributed by atoms with E-state index >= 15 is 0 Å². The first-order chi connectivity index (χ1) is 7.77. The van der Waals surface area contributed by atoms with E-state index in [4.69, 9.17) is 4.74 Å². The van der Waals surface area contributed by atoms with Crippen LogP contribution in [0.5, 0.6) is 0 Å². The van der Waals surface area contributed by atoms with Crippen molar-refractivity contribution in [1.82, 2.24) is 4.90 Å². The molecule has 0 bridgehead atoms. The minimum atomic E-state index is -0.549. The monoisotopic (exact) mass is 221 g/mol. The maximum Gasteiger partial charge on any atom is 0.129 e. The summed E-state index contributed by atoms with van der Waals surface area (Å²) in [4.78, 5) is 2.22. The highest BCUT2D eigenvalue weighted by Gasteiger charge is 2.35. The lowest BCUT2D eigenvalue weighted by Gasteiger charge is -2.33. The van der Waals surface area contributed by atoms with E-state index in [1.807, 2.05) is 30.3 Å². The van der Waals surface area contributed by atoms with E-state index in [2.05, 4.69) is 11.9 Å². The third-order valence-corrected chi connectivity index (χ3v) is 3.14. The van der Waals surface area contributed by atoms with Gasteiger partial charge in [0.2, 0.25) is 0 Å². The van der Waals surface area contributed by atoms with E-state index in [1.54, 1.807) is 0 Å². The SMILES string of the molecule is CN1CCCOC(CO)(c2ccccc2)C1. The quantitative estimate of drug-likeness (QED) is 0.815. The van der Waals surface area contributed by atoms with Gasteiger partial charge in [-0.3, -0.25) is 0 Å². The van der Waals surface area contributed by atoms with E-state index in [0.29, 0.717) is 6.61 Å². The van der Waals surface area contributed by atoms with Gasteiger partial charge in [0.25, 0.3) is 0 Å². The summed E-state index contributed by atoms with van der Waals surface area (Å²) in [6.45, 7) is 2.50. The fourth-order valence-corrected chi connectivity index (χ4v) is 2.27. The van der Waals surface area contributed by atoms with Crippen LogP contribution in [0, 0.1) is 0 Å². The lowest BCUT2D eigenvalue weighted by atomic mass is 9.94. The Bertz CT molecular complexity index is 328. The Kier molecular flexibility index (Phi) is 3.59. The molecule has 3 heteroatoms. The molecule has 1 heterocycles. The van der Waals surface area contributed by atoms with Gasteiger partial charge in [-0.15, -0.1) is 0 Å². The zero-order chi connectivity index (χ0) is 11.4. The van der Waals surface area contributed by atoms with Gasteiger partial charge in [-0.1, -0.05) is 30.3 Å². The van der Waals surface area contributed by atoms with Crippen LogP contribution in [0.25, 0.3) is 0 Å². The molecule has 0 radical (unpaired) electrons. The highest BCUT2D eigenvalue weighted by atomic mass is 16.5. The molecule has 1 aromatic carbocycles. The predicted molar refractivity (Wildman–Crippen MR) is 63.3 cm³/mol. The van der Waals surface area contributed by atoms with Crippen molar-refractivity contribution < 1.29 is 9.84 Å². The standard InChI is InChI=1S/C13H19NO2/c1-14-8-5-9-16-13(10-14,11-15)12-6-3-2-4-7-12/h2-4,6-7,15H,5,8-11H2,1H3. The molecule has 2 rings (SSSR count). The minimum Gasteiger partial charge on any atom is -0.393 e. The topological polar surface area (TPSA) is 32.7 Å². The van der Waals surface area contributed by atoms with Gasteiger partial charge in [0.15, 0.2) is 0 Å². The average molecular weight is 221 g/mol. The zero-order valence-corrected chi connectivity index (χ0v) is 9.72. The first-order valence-corrected chi connectivity index (χ1v) is 5.76. The fourth-order valence-electron chi connectivity index (χ4n) is 2.27. The number of likely N-dealkylation sites (N-methyl/N-ethyl adjacent to an activating group) is 1. The zero-order valence-electron chi connectivity index (χ0n) is 9.72. The van der Waals surface area contributed by atoms with Crippen LogP contribution in [0.4, 0.5) is 0 Å². The minimum absolute atomic E-state index is 0.0291. The van der Waals surface area contributed by atoms with Crippen molar-refractivity contribution in [3.8, 4) is 0 Å². The highest BCUT2D eigenvalue weighted by molar-refractivity contribution is 5.23. The van der Waals surface area contributed by atoms with Crippen molar-refractivity contribution in [3.05, 3.63) is 35.9 Å². The Morgan fingerprint density at radius 2 is 2.12 bits per heavy atom. The summed E-state index contributed by atoms with van der Waals surface area (Å²) < 4.78 is 5.90. The van der Waals surface area contributed by atoms with Gasteiger partial charge in [-0.05, 0) is 19.0 Å². The largest absolute Gasteiger partial charge is 0.393 e. The van der Waals surface area contributed by atoms with Crippen LogP contribution in [0.1, 0.15) is 12.0 Å². The molecule has 3 nitrogen and oxygen atoms in total. The van der Waals surface area contributed by atoms with Crippen molar-refractivity contribution in [2.24, 2.45) is 0 Å². The van der Waals surface area contributed by atoms with Gasteiger partial charge < -0.3 is 14.7 Å². The molecule has 1 aliphatic rings. The normalized spacial score (nSPS) is 27.6. The summed E-state index contributed by atoms with van der Waals surface area (Å²) in [6.07, 6.45) is 1.02. The smallest absolute Gasteiger partial charge is 0.129 e. The molecule has 0 aromatic heterocycles. The predicted octanol–water partition coefficient (Wildman–Crippen LogP) is 1.23. The second-order valence-corrected chi connectivity index (χ2v) is 4.46. The van der Waals surface area contributed by atoms with Crippen molar-refractivity contribution in [1.29, 1.82) is 0 Å². The molecule has 0 spiro atoms. The lowest BCUT2D eigenvalue weighted by Crippen LogP contribution is -2.42. The number of hydrogen-bond acceptors (Lipinski definition) is 3. The maximum absolute atomic E-state index is 9.69. The van der Waals surface area contributed by atoms with Crippen LogP contribution < -0.4 is 0 Å². The van der Waals surface area contributed by atoms with Crippen LogP contribution in [0.2, 0.25) is 0 Å². The Hall–Kier alpha value is -0.900. The van der Waals surface area contributed by atoms with E-state index in [-0.39, 0.29) is 6.61 Å². The van der Waals surface area contributed by atoms with E-state index in [9.17, 15) is 5.11 Å². The molecule has 88 valence electrons. The third-order valence-electron chi connectivity index (χ3n) is 3.14. The van der Waals surface area contributed by atoms with Crippen LogP contribution in [0.15, 0.2) is 30.3 Å². The molecular weight excluding hydrogens is 202 g/mol. The van der Waals surface area contributed by atoms with Crippen LogP contribution >= 0.6 is 0 Å². The van der Waals surface area contributed by atoms with Crippen molar-refractivity contribution in [3.63, 3.8) is 0 Å². The van der Waals surface area contributed by atoms with Gasteiger partial charge in [-0.2, -0.15) is 0 Å². The molecule has 0 aliphatic carbocycles. The highest BCUT2D eigenvalue weighted by Crippen LogP contribution is 2.28. The number of rotatable bonds is 2. The Morgan fingerprint density at radius 3 is 2.81 bits per heavy atom. The third kappa shape index (κ3) is 2.26. The summed E-state index contributed by atoms with van der Waals surface area (Å²) >= 11 is 0. The molecule has 1 aliphatic heterocycles. The molecule has 1 saturated heterocycles. The maximum atomic E-state index is 9.69. The molecule has 1 fully saturated rings. The van der Waals surface area contributed by atoms with Crippen molar-refractivity contribution in [2.75, 3.05) is 33.4 Å². The van der Waals surface area contributed by atoms with Crippen molar-refractivity contribution in [2.45, 2.75) is 12.0 Å². The lowest BCUT2D eigenvalue weighted by molar-refractivity contribution is -0.0840. The summed E-state index contributed by atoms with van der Waals surface area (Å²) in [6, 6.07) is 10.0. The molecular formula is C13H19NO2. The summed E-state index contributed by atoms with van der Waals surface area (Å²) in [5, 5.41) is 9.69. The Balaban J connectivity index is 2.30. The number of aliphatic hydroxyl groups excluding tert-OH is 1. The Labute approximate surface area is 96.6 Å². The number of ether oxygens (including phenoxy) is 1. The molecule has 0 amide bonds. The van der Waals surface area contributed by atoms with Gasteiger partial charge in [0, 0.05) is 19.7 Å². The molecule has 16 heavy (non-hydrogen) atoms. The summed E-state index contributed by atoms with van der Waals surface area (Å²) in [5.41, 5.74) is 0.512. The van der Waals surface area contributed by atoms with Crippen LogP contribution in [0.3, 0.4) is 0 Å². The summed E-state index contributed by atoms with van der Waals surface area (Å²) in [7, 11) is 2.07. The first-order valence-electron chi connectivity index (χ1n) is 5.76. The molecule has 0 saturated carbocycles. The molecule has 1 unspecified atom stereocenters. The summed E-state index contributed by atoms with van der Waals surface area (Å²) in [5.74, 6) is 0. The number of nitrogens with zero attached hydrogens (tertiary/aromatic N) is 1. The van der Waals surface area contributed by atoms with E-state index in [1.165, 1.54) is 0 Å². The van der Waals surface area contributed by atoms with Crippen LogP contribution in [-0.2, 0) is 10.3 Å². The number of hydrogen-bond donors (Lipinski definition) is 1. The van der Waals surface area contributed by atoms with Gasteiger partial charge in [0.05, 0.1) is 6.61 Å². The van der Waals surface area contributed by atoms with Gasteiger partial charge >= 0.3 is 0 Å². The fraction of sp³-hybridized carbons (Fsp3) is 0.538. The number of benzene rings is 1. The molecule has 1 atom stereocenters. The first kappa shape index (κ1) is 11.6. The van der Waals surface area contributed by atoms with E-state index in [0.717, 1.165) is 25.1 Å². The Morgan fingerprint density at radius 1 is 1.38 bits per heavy atom. The second kappa shape index (κ2) is 4.95. The van der Waals surface area contributed by atoms with E-state index < -0.39 is 5.60 Å². The number of aliphatic hydroxyl groups is 1. The van der Waals surface area contributed by atoms with Gasteiger partial charge in [0.1, 0.15) is 5.60 Å². The molecule has 1 N–H and O–H groups in total. The van der Waals surface area contributed by atoms with Gasteiger partial charge in [-0.25, -0.2) is 0 Å². The van der Waals surface area contributed by atoms with Crippen molar-refractivity contribution >= 4 is 0 Å². The average Bonchev–Trinajstić information content (AvgIpc) is 2.53.